The van der Waals surface area contributed by atoms with E-state index in [-0.39, 0.29) is 24.4 Å². The van der Waals surface area contributed by atoms with Crippen molar-refractivity contribution in [2.24, 2.45) is 0 Å². The number of amides is 2. The van der Waals surface area contributed by atoms with E-state index in [1.807, 2.05) is 32.9 Å². The molecule has 0 saturated heterocycles. The van der Waals surface area contributed by atoms with Gasteiger partial charge in [-0.1, -0.05) is 0 Å². The van der Waals surface area contributed by atoms with E-state index >= 15 is 0 Å². The van der Waals surface area contributed by atoms with Crippen molar-refractivity contribution in [1.29, 1.82) is 0 Å². The van der Waals surface area contributed by atoms with Gasteiger partial charge in [-0.2, -0.15) is 0 Å². The highest BCUT2D eigenvalue weighted by Crippen LogP contribution is 2.20. The number of aromatic nitrogens is 1. The molecule has 1 N–H and O–H groups in total. The van der Waals surface area contributed by atoms with Crippen molar-refractivity contribution in [1.82, 2.24) is 15.2 Å². The van der Waals surface area contributed by atoms with Gasteiger partial charge in [0, 0.05) is 18.2 Å². The molecule has 1 aromatic heterocycles. The maximum atomic E-state index is 12.5. The zero-order valence-electron chi connectivity index (χ0n) is 12.4. The van der Waals surface area contributed by atoms with Crippen LogP contribution < -0.4 is 5.32 Å². The summed E-state index contributed by atoms with van der Waals surface area (Å²) in [4.78, 5) is 30.0. The predicted octanol–water partition coefficient (Wildman–Crippen LogP) is 2.28. The lowest BCUT2D eigenvalue weighted by Gasteiger charge is -2.21. The zero-order chi connectivity index (χ0) is 15.4. The number of nitrogens with zero attached hydrogens (tertiary/aromatic N) is 2. The summed E-state index contributed by atoms with van der Waals surface area (Å²) < 4.78 is 0.975. The second kappa shape index (κ2) is 6.67. The number of rotatable bonds is 5. The van der Waals surface area contributed by atoms with Crippen LogP contribution in [0.3, 0.4) is 0 Å². The molecule has 1 aromatic carbocycles. The Balaban J connectivity index is 2.13. The first kappa shape index (κ1) is 15.4. The Labute approximate surface area is 128 Å². The topological polar surface area (TPSA) is 62.3 Å². The standard InChI is InChI=1S/C15H19N3O2S/c1-4-18(8-14(19)17-10(2)3)15(20)11-5-6-12-13(7-11)21-9-16-12/h5-7,9-10H,4,8H2,1-3H3,(H,17,19). The van der Waals surface area contributed by atoms with Gasteiger partial charge in [-0.15, -0.1) is 11.3 Å². The van der Waals surface area contributed by atoms with Crippen molar-refractivity contribution in [3.05, 3.63) is 29.3 Å². The van der Waals surface area contributed by atoms with Crippen molar-refractivity contribution in [3.63, 3.8) is 0 Å². The first-order valence-corrected chi connectivity index (χ1v) is 7.81. The molecular weight excluding hydrogens is 286 g/mol. The summed E-state index contributed by atoms with van der Waals surface area (Å²) in [6.45, 7) is 6.23. The Morgan fingerprint density at radius 1 is 1.38 bits per heavy atom. The summed E-state index contributed by atoms with van der Waals surface area (Å²) in [5.74, 6) is -0.272. The Kier molecular flexibility index (Phi) is 4.90. The van der Waals surface area contributed by atoms with Gasteiger partial charge in [0.1, 0.15) is 0 Å². The van der Waals surface area contributed by atoms with E-state index in [1.165, 1.54) is 11.3 Å². The lowest BCUT2D eigenvalue weighted by molar-refractivity contribution is -0.122. The Morgan fingerprint density at radius 3 is 2.81 bits per heavy atom. The number of carbonyl (C=O) groups excluding carboxylic acids is 2. The molecule has 0 fully saturated rings. The van der Waals surface area contributed by atoms with Gasteiger partial charge < -0.3 is 10.2 Å². The molecule has 0 saturated carbocycles. The van der Waals surface area contributed by atoms with Gasteiger partial charge in [0.25, 0.3) is 5.91 Å². The fourth-order valence-electron chi connectivity index (χ4n) is 2.04. The van der Waals surface area contributed by atoms with Crippen molar-refractivity contribution in [2.75, 3.05) is 13.1 Å². The number of nitrogens with one attached hydrogen (secondary N) is 1. The zero-order valence-corrected chi connectivity index (χ0v) is 13.2. The Bertz CT molecular complexity index is 651. The Hall–Kier alpha value is -1.95. The summed E-state index contributed by atoms with van der Waals surface area (Å²) in [5.41, 5.74) is 3.23. The van der Waals surface area contributed by atoms with E-state index < -0.39 is 0 Å². The molecule has 0 bridgehead atoms. The highest BCUT2D eigenvalue weighted by atomic mass is 32.1. The number of likely N-dealkylation sites (N-methyl/N-ethyl adjacent to an activating group) is 1. The van der Waals surface area contributed by atoms with Crippen molar-refractivity contribution in [3.8, 4) is 0 Å². The van der Waals surface area contributed by atoms with Gasteiger partial charge in [0.2, 0.25) is 5.91 Å². The quantitative estimate of drug-likeness (QED) is 0.922. The monoisotopic (exact) mass is 305 g/mol. The summed E-state index contributed by atoms with van der Waals surface area (Å²) in [5, 5.41) is 2.80. The molecular formula is C15H19N3O2S. The van der Waals surface area contributed by atoms with E-state index in [0.717, 1.165) is 10.2 Å². The summed E-state index contributed by atoms with van der Waals surface area (Å²) in [7, 11) is 0. The molecule has 0 atom stereocenters. The maximum absolute atomic E-state index is 12.5. The lowest BCUT2D eigenvalue weighted by atomic mass is 10.2. The third-order valence-corrected chi connectivity index (χ3v) is 3.82. The van der Waals surface area contributed by atoms with Gasteiger partial charge in [-0.3, -0.25) is 9.59 Å². The van der Waals surface area contributed by atoms with Gasteiger partial charge in [-0.05, 0) is 39.0 Å². The molecule has 0 aliphatic rings. The molecule has 6 heteroatoms. The number of benzene rings is 1. The fraction of sp³-hybridized carbons (Fsp3) is 0.400. The molecule has 0 unspecified atom stereocenters. The van der Waals surface area contributed by atoms with Crippen LogP contribution in [0.2, 0.25) is 0 Å². The third-order valence-electron chi connectivity index (χ3n) is 3.03. The van der Waals surface area contributed by atoms with Crippen molar-refractivity contribution < 1.29 is 9.59 Å². The largest absolute Gasteiger partial charge is 0.352 e. The molecule has 0 radical (unpaired) electrons. The van der Waals surface area contributed by atoms with Gasteiger partial charge >= 0.3 is 0 Å². The minimum Gasteiger partial charge on any atom is -0.352 e. The second-order valence-corrected chi connectivity index (χ2v) is 5.96. The number of thiazole rings is 1. The fourth-order valence-corrected chi connectivity index (χ4v) is 2.76. The second-order valence-electron chi connectivity index (χ2n) is 5.08. The first-order valence-electron chi connectivity index (χ1n) is 6.93. The van der Waals surface area contributed by atoms with E-state index in [9.17, 15) is 9.59 Å². The Morgan fingerprint density at radius 2 is 2.14 bits per heavy atom. The van der Waals surface area contributed by atoms with E-state index in [2.05, 4.69) is 10.3 Å². The molecule has 0 aliphatic carbocycles. The van der Waals surface area contributed by atoms with E-state index in [0.29, 0.717) is 12.1 Å². The smallest absolute Gasteiger partial charge is 0.254 e. The van der Waals surface area contributed by atoms with Crippen LogP contribution in [-0.4, -0.2) is 40.8 Å². The summed E-state index contributed by atoms with van der Waals surface area (Å²) in [6.07, 6.45) is 0. The molecule has 1 heterocycles. The normalized spacial score (nSPS) is 10.9. The summed E-state index contributed by atoms with van der Waals surface area (Å²) >= 11 is 1.50. The minimum atomic E-state index is -0.140. The number of fused-ring (bicyclic) bond motifs is 1. The minimum absolute atomic E-state index is 0.0693. The SMILES string of the molecule is CCN(CC(=O)NC(C)C)C(=O)c1ccc2ncsc2c1. The van der Waals surface area contributed by atoms with Crippen LogP contribution in [0.5, 0.6) is 0 Å². The third kappa shape index (κ3) is 3.78. The molecule has 5 nitrogen and oxygen atoms in total. The molecule has 0 spiro atoms. The van der Waals surface area contributed by atoms with Crippen LogP contribution in [0.4, 0.5) is 0 Å². The van der Waals surface area contributed by atoms with Crippen LogP contribution in [0.25, 0.3) is 10.2 Å². The first-order chi connectivity index (χ1) is 10.0. The van der Waals surface area contributed by atoms with Gasteiger partial charge in [0.15, 0.2) is 0 Å². The maximum Gasteiger partial charge on any atom is 0.254 e. The molecule has 2 rings (SSSR count). The van der Waals surface area contributed by atoms with Crippen molar-refractivity contribution in [2.45, 2.75) is 26.8 Å². The number of hydrogen-bond donors (Lipinski definition) is 1. The average molecular weight is 305 g/mol. The van der Waals surface area contributed by atoms with Crippen LogP contribution in [0, 0.1) is 0 Å². The predicted molar refractivity (Wildman–Crippen MR) is 84.5 cm³/mol. The molecule has 2 amide bonds. The van der Waals surface area contributed by atoms with Crippen LogP contribution >= 0.6 is 11.3 Å². The average Bonchev–Trinajstić information content (AvgIpc) is 2.90. The van der Waals surface area contributed by atoms with Gasteiger partial charge in [0.05, 0.1) is 22.3 Å². The van der Waals surface area contributed by atoms with Crippen molar-refractivity contribution >= 4 is 33.4 Å². The van der Waals surface area contributed by atoms with Crippen LogP contribution in [0.1, 0.15) is 31.1 Å². The molecule has 2 aromatic rings. The number of hydrogen-bond acceptors (Lipinski definition) is 4. The molecule has 0 aliphatic heterocycles. The van der Waals surface area contributed by atoms with Crippen LogP contribution in [0.15, 0.2) is 23.7 Å². The highest BCUT2D eigenvalue weighted by molar-refractivity contribution is 7.16. The lowest BCUT2D eigenvalue weighted by Crippen LogP contribution is -2.42. The summed E-state index contributed by atoms with van der Waals surface area (Å²) in [6, 6.07) is 5.49. The highest BCUT2D eigenvalue weighted by Gasteiger charge is 2.18. The van der Waals surface area contributed by atoms with E-state index in [4.69, 9.17) is 0 Å². The van der Waals surface area contributed by atoms with E-state index in [1.54, 1.807) is 16.5 Å². The van der Waals surface area contributed by atoms with Gasteiger partial charge in [-0.25, -0.2) is 4.98 Å². The molecule has 112 valence electrons. The molecule has 21 heavy (non-hydrogen) atoms. The van der Waals surface area contributed by atoms with Crippen LogP contribution in [-0.2, 0) is 4.79 Å². The number of carbonyl (C=O) groups is 2.